The molecule has 2 aromatic carbocycles. The van der Waals surface area contributed by atoms with Crippen molar-refractivity contribution in [1.29, 1.82) is 0 Å². The number of amides is 1. The van der Waals surface area contributed by atoms with Crippen LogP contribution in [0, 0.1) is 5.92 Å². The lowest BCUT2D eigenvalue weighted by atomic mass is 9.52. The Morgan fingerprint density at radius 1 is 1.03 bits per heavy atom. The van der Waals surface area contributed by atoms with E-state index in [0.29, 0.717) is 25.5 Å². The molecule has 198 valence electrons. The topological polar surface area (TPSA) is 65.1 Å². The molecule has 3 atom stereocenters. The Hall–Kier alpha value is -3.02. The van der Waals surface area contributed by atoms with Gasteiger partial charge in [-0.1, -0.05) is 69.0 Å². The van der Waals surface area contributed by atoms with E-state index in [2.05, 4.69) is 19.1 Å². The molecule has 0 radical (unpaired) electrons. The maximum absolute atomic E-state index is 13.2. The van der Waals surface area contributed by atoms with Crippen LogP contribution in [0.3, 0.4) is 0 Å². The lowest BCUT2D eigenvalue weighted by molar-refractivity contribution is -0.150. The zero-order valence-corrected chi connectivity index (χ0v) is 22.0. The number of likely N-dealkylation sites (tertiary alicyclic amines) is 1. The Labute approximate surface area is 220 Å². The third-order valence-corrected chi connectivity index (χ3v) is 8.68. The standard InChI is InChI=1S/C31H39NO5/c1-2-3-5-13-29(33)37-22-36-25-15-14-24-19-28-26-12-8-9-16-31(26,27(24)20-25)17-18-32(28)30(34)35-21-23-10-6-4-7-11-23/h4,6-7,10-11,14-15,20,26,28H,2-3,5,8-9,12-13,16-19,21-22H2,1H3/t26-,28-,31+/m1/s1. The monoisotopic (exact) mass is 505 g/mol. The number of carbonyl (C=O) groups is 2. The summed E-state index contributed by atoms with van der Waals surface area (Å²) in [5.41, 5.74) is 3.75. The highest BCUT2D eigenvalue weighted by atomic mass is 16.7. The van der Waals surface area contributed by atoms with Gasteiger partial charge < -0.3 is 19.1 Å². The first-order valence-electron chi connectivity index (χ1n) is 14.0. The van der Waals surface area contributed by atoms with E-state index in [0.717, 1.165) is 56.3 Å². The highest BCUT2D eigenvalue weighted by Crippen LogP contribution is 2.56. The van der Waals surface area contributed by atoms with Crippen molar-refractivity contribution in [3.05, 3.63) is 65.2 Å². The van der Waals surface area contributed by atoms with Gasteiger partial charge >= 0.3 is 12.1 Å². The molecule has 0 spiro atoms. The average Bonchev–Trinajstić information content (AvgIpc) is 2.93. The van der Waals surface area contributed by atoms with E-state index in [4.69, 9.17) is 14.2 Å². The number of benzene rings is 2. The quantitative estimate of drug-likeness (QED) is 0.220. The van der Waals surface area contributed by atoms with Gasteiger partial charge in [-0.3, -0.25) is 4.79 Å². The van der Waals surface area contributed by atoms with Crippen molar-refractivity contribution >= 4 is 12.1 Å². The van der Waals surface area contributed by atoms with Crippen LogP contribution in [-0.2, 0) is 32.7 Å². The molecule has 1 amide bonds. The summed E-state index contributed by atoms with van der Waals surface area (Å²) in [6.07, 6.45) is 9.69. The van der Waals surface area contributed by atoms with Crippen LogP contribution in [-0.4, -0.2) is 36.3 Å². The number of hydrogen-bond acceptors (Lipinski definition) is 5. The molecule has 1 aliphatic heterocycles. The minimum absolute atomic E-state index is 0.0518. The molecule has 2 aromatic rings. The summed E-state index contributed by atoms with van der Waals surface area (Å²) in [4.78, 5) is 27.1. The molecule has 6 heteroatoms. The molecule has 2 aliphatic carbocycles. The number of unbranched alkanes of at least 4 members (excludes halogenated alkanes) is 2. The van der Waals surface area contributed by atoms with E-state index in [-0.39, 0.29) is 30.3 Å². The number of esters is 1. The third-order valence-electron chi connectivity index (χ3n) is 8.68. The van der Waals surface area contributed by atoms with E-state index >= 15 is 0 Å². The zero-order chi connectivity index (χ0) is 25.7. The van der Waals surface area contributed by atoms with Gasteiger partial charge in [-0.2, -0.15) is 0 Å². The predicted octanol–water partition coefficient (Wildman–Crippen LogP) is 6.54. The molecule has 3 aliphatic rings. The van der Waals surface area contributed by atoms with Crippen molar-refractivity contribution in [2.45, 2.75) is 89.2 Å². The number of rotatable bonds is 9. The molecule has 6 nitrogen and oxygen atoms in total. The predicted molar refractivity (Wildman–Crippen MR) is 141 cm³/mol. The summed E-state index contributed by atoms with van der Waals surface area (Å²) < 4.78 is 16.9. The molecule has 1 heterocycles. The average molecular weight is 506 g/mol. The molecule has 1 saturated heterocycles. The third kappa shape index (κ3) is 5.48. The summed E-state index contributed by atoms with van der Waals surface area (Å²) in [6.45, 7) is 3.09. The van der Waals surface area contributed by atoms with Gasteiger partial charge in [0.1, 0.15) is 12.4 Å². The van der Waals surface area contributed by atoms with E-state index in [9.17, 15) is 9.59 Å². The van der Waals surface area contributed by atoms with Crippen LogP contribution in [0.5, 0.6) is 5.75 Å². The van der Waals surface area contributed by atoms with Crippen LogP contribution < -0.4 is 4.74 Å². The van der Waals surface area contributed by atoms with Crippen LogP contribution in [0.4, 0.5) is 4.79 Å². The second kappa shape index (κ2) is 11.6. The van der Waals surface area contributed by atoms with Gasteiger partial charge in [0, 0.05) is 24.4 Å². The van der Waals surface area contributed by atoms with E-state index in [1.54, 1.807) is 0 Å². The summed E-state index contributed by atoms with van der Waals surface area (Å²) in [6, 6.07) is 16.3. The first-order chi connectivity index (χ1) is 18.1. The number of carbonyl (C=O) groups excluding carboxylic acids is 2. The summed E-state index contributed by atoms with van der Waals surface area (Å²) in [5, 5.41) is 0. The molecule has 0 aromatic heterocycles. The highest BCUT2D eigenvalue weighted by Gasteiger charge is 2.55. The molecule has 2 fully saturated rings. The molecular formula is C31H39NO5. The molecule has 0 N–H and O–H groups in total. The Bertz CT molecular complexity index is 1090. The van der Waals surface area contributed by atoms with Crippen LogP contribution in [0.15, 0.2) is 48.5 Å². The fraction of sp³-hybridized carbons (Fsp3) is 0.548. The summed E-state index contributed by atoms with van der Waals surface area (Å²) in [7, 11) is 0. The lowest BCUT2D eigenvalue weighted by Crippen LogP contribution is -2.62. The fourth-order valence-corrected chi connectivity index (χ4v) is 6.86. The van der Waals surface area contributed by atoms with Crippen LogP contribution in [0.2, 0.25) is 0 Å². The van der Waals surface area contributed by atoms with Gasteiger partial charge in [0.25, 0.3) is 0 Å². The molecule has 0 unspecified atom stereocenters. The van der Waals surface area contributed by atoms with E-state index in [1.165, 1.54) is 24.0 Å². The number of nitrogens with zero attached hydrogens (tertiary/aromatic N) is 1. The summed E-state index contributed by atoms with van der Waals surface area (Å²) in [5.74, 6) is 0.979. The number of hydrogen-bond donors (Lipinski definition) is 0. The van der Waals surface area contributed by atoms with E-state index < -0.39 is 0 Å². The maximum atomic E-state index is 13.2. The van der Waals surface area contributed by atoms with Gasteiger partial charge in [0.2, 0.25) is 6.79 Å². The maximum Gasteiger partial charge on any atom is 0.410 e. The van der Waals surface area contributed by atoms with Gasteiger partial charge in [0.05, 0.1) is 0 Å². The number of fused-ring (bicyclic) bond motifs is 1. The molecule has 5 rings (SSSR count). The number of ether oxygens (including phenoxy) is 3. The SMILES string of the molecule is CCCCCC(=O)OCOc1ccc2c(c1)[C@]13CCCC[C@@H]1[C@@H](C2)N(C(=O)OCc1ccccc1)CC3. The van der Waals surface area contributed by atoms with Crippen molar-refractivity contribution in [2.75, 3.05) is 13.3 Å². The smallest absolute Gasteiger partial charge is 0.410 e. The zero-order valence-electron chi connectivity index (χ0n) is 22.0. The lowest BCUT2D eigenvalue weighted by Gasteiger charge is -2.58. The van der Waals surface area contributed by atoms with Crippen LogP contribution >= 0.6 is 0 Å². The van der Waals surface area contributed by atoms with Gasteiger partial charge in [-0.25, -0.2) is 4.79 Å². The minimum atomic E-state index is -0.202. The van der Waals surface area contributed by atoms with E-state index in [1.807, 2.05) is 41.3 Å². The fourth-order valence-electron chi connectivity index (χ4n) is 6.86. The Balaban J connectivity index is 1.27. The first-order valence-corrected chi connectivity index (χ1v) is 14.0. The Kier molecular flexibility index (Phi) is 8.02. The van der Waals surface area contributed by atoms with Crippen molar-refractivity contribution < 1.29 is 23.8 Å². The molecular weight excluding hydrogens is 466 g/mol. The van der Waals surface area contributed by atoms with Gasteiger partial charge in [0.15, 0.2) is 0 Å². The highest BCUT2D eigenvalue weighted by molar-refractivity contribution is 5.69. The number of piperidine rings is 1. The van der Waals surface area contributed by atoms with Crippen LogP contribution in [0.25, 0.3) is 0 Å². The molecule has 2 bridgehead atoms. The van der Waals surface area contributed by atoms with Gasteiger partial charge in [-0.15, -0.1) is 0 Å². The normalized spacial score (nSPS) is 24.0. The second-order valence-corrected chi connectivity index (χ2v) is 10.8. The molecule has 1 saturated carbocycles. The largest absolute Gasteiger partial charge is 0.457 e. The Morgan fingerprint density at radius 3 is 2.73 bits per heavy atom. The van der Waals surface area contributed by atoms with Crippen molar-refractivity contribution in [1.82, 2.24) is 4.90 Å². The van der Waals surface area contributed by atoms with Crippen molar-refractivity contribution in [3.63, 3.8) is 0 Å². The minimum Gasteiger partial charge on any atom is -0.457 e. The van der Waals surface area contributed by atoms with Crippen molar-refractivity contribution in [3.8, 4) is 5.75 Å². The van der Waals surface area contributed by atoms with Gasteiger partial charge in [-0.05, 0) is 66.8 Å². The summed E-state index contributed by atoms with van der Waals surface area (Å²) >= 11 is 0. The second-order valence-electron chi connectivity index (χ2n) is 10.8. The first kappa shape index (κ1) is 25.6. The van der Waals surface area contributed by atoms with Crippen LogP contribution in [0.1, 0.15) is 81.4 Å². The van der Waals surface area contributed by atoms with Crippen molar-refractivity contribution in [2.24, 2.45) is 5.92 Å². The Morgan fingerprint density at radius 2 is 1.89 bits per heavy atom. The molecule has 37 heavy (non-hydrogen) atoms.